The fourth-order valence-electron chi connectivity index (χ4n) is 3.13. The highest BCUT2D eigenvalue weighted by atomic mass is 16.2. The first kappa shape index (κ1) is 17.4. The SMILES string of the molecule is CCCC1NC(C)C(=O)N1C(C)CCCN(CC)CC. The van der Waals surface area contributed by atoms with Crippen molar-refractivity contribution < 1.29 is 4.79 Å². The lowest BCUT2D eigenvalue weighted by Crippen LogP contribution is -2.43. The summed E-state index contributed by atoms with van der Waals surface area (Å²) in [6.07, 6.45) is 4.67. The van der Waals surface area contributed by atoms with E-state index in [0.717, 1.165) is 38.9 Å². The first-order chi connectivity index (χ1) is 9.54. The number of hydrogen-bond acceptors (Lipinski definition) is 3. The van der Waals surface area contributed by atoms with Crippen molar-refractivity contribution in [1.29, 1.82) is 0 Å². The summed E-state index contributed by atoms with van der Waals surface area (Å²) in [5.41, 5.74) is 0. The Morgan fingerprint density at radius 2 is 1.95 bits per heavy atom. The van der Waals surface area contributed by atoms with E-state index in [4.69, 9.17) is 0 Å². The van der Waals surface area contributed by atoms with E-state index >= 15 is 0 Å². The molecule has 0 aliphatic carbocycles. The van der Waals surface area contributed by atoms with Crippen LogP contribution in [0.15, 0.2) is 0 Å². The van der Waals surface area contributed by atoms with Crippen molar-refractivity contribution in [3.05, 3.63) is 0 Å². The predicted octanol–water partition coefficient (Wildman–Crippen LogP) is 2.44. The largest absolute Gasteiger partial charge is 0.323 e. The second-order valence-corrected chi connectivity index (χ2v) is 5.96. The summed E-state index contributed by atoms with van der Waals surface area (Å²) in [6.45, 7) is 14.1. The molecule has 4 heteroatoms. The van der Waals surface area contributed by atoms with Crippen molar-refractivity contribution in [3.63, 3.8) is 0 Å². The summed E-state index contributed by atoms with van der Waals surface area (Å²) in [4.78, 5) is 16.8. The maximum Gasteiger partial charge on any atom is 0.240 e. The number of carbonyl (C=O) groups is 1. The van der Waals surface area contributed by atoms with Crippen LogP contribution in [0.4, 0.5) is 0 Å². The van der Waals surface area contributed by atoms with Crippen molar-refractivity contribution in [3.8, 4) is 0 Å². The summed E-state index contributed by atoms with van der Waals surface area (Å²) < 4.78 is 0. The quantitative estimate of drug-likeness (QED) is 0.706. The average molecular weight is 283 g/mol. The second-order valence-electron chi connectivity index (χ2n) is 5.96. The van der Waals surface area contributed by atoms with Crippen LogP contribution in [0, 0.1) is 0 Å². The van der Waals surface area contributed by atoms with Gasteiger partial charge in [0, 0.05) is 6.04 Å². The molecule has 1 aliphatic heterocycles. The maximum atomic E-state index is 12.3. The number of hydrogen-bond donors (Lipinski definition) is 1. The molecule has 118 valence electrons. The molecule has 0 bridgehead atoms. The minimum absolute atomic E-state index is 0.0169. The lowest BCUT2D eigenvalue weighted by Gasteiger charge is -2.31. The smallest absolute Gasteiger partial charge is 0.240 e. The Labute approximate surface area is 124 Å². The standard InChI is InChI=1S/C16H33N3O/c1-6-10-15-17-14(5)16(20)19(15)13(4)11-9-12-18(7-2)8-3/h13-15,17H,6-12H2,1-5H3. The number of rotatable bonds is 9. The maximum absolute atomic E-state index is 12.3. The van der Waals surface area contributed by atoms with Crippen LogP contribution >= 0.6 is 0 Å². The molecule has 1 rings (SSSR count). The monoisotopic (exact) mass is 283 g/mol. The molecule has 1 aliphatic rings. The summed E-state index contributed by atoms with van der Waals surface area (Å²) in [6, 6.07) is 0.323. The Bertz CT molecular complexity index is 291. The van der Waals surface area contributed by atoms with E-state index < -0.39 is 0 Å². The van der Waals surface area contributed by atoms with Gasteiger partial charge in [0.2, 0.25) is 5.91 Å². The van der Waals surface area contributed by atoms with Gasteiger partial charge >= 0.3 is 0 Å². The molecule has 4 nitrogen and oxygen atoms in total. The second kappa shape index (κ2) is 8.63. The third-order valence-electron chi connectivity index (χ3n) is 4.43. The molecule has 20 heavy (non-hydrogen) atoms. The van der Waals surface area contributed by atoms with E-state index in [-0.39, 0.29) is 18.1 Å². The molecule has 1 fully saturated rings. The minimum Gasteiger partial charge on any atom is -0.323 e. The lowest BCUT2D eigenvalue weighted by molar-refractivity contribution is -0.131. The molecule has 0 aromatic heterocycles. The molecule has 1 amide bonds. The predicted molar refractivity (Wildman–Crippen MR) is 84.6 cm³/mol. The third-order valence-corrected chi connectivity index (χ3v) is 4.43. The first-order valence-electron chi connectivity index (χ1n) is 8.35. The van der Waals surface area contributed by atoms with Gasteiger partial charge in [-0.15, -0.1) is 0 Å². The molecule has 1 heterocycles. The zero-order valence-corrected chi connectivity index (χ0v) is 14.0. The van der Waals surface area contributed by atoms with Crippen LogP contribution in [0.3, 0.4) is 0 Å². The summed E-state index contributed by atoms with van der Waals surface area (Å²) in [5, 5.41) is 3.42. The van der Waals surface area contributed by atoms with E-state index in [9.17, 15) is 4.79 Å². The van der Waals surface area contributed by atoms with E-state index in [1.165, 1.54) is 6.42 Å². The number of nitrogens with one attached hydrogen (secondary N) is 1. The van der Waals surface area contributed by atoms with Crippen LogP contribution in [0.2, 0.25) is 0 Å². The van der Waals surface area contributed by atoms with Crippen LogP contribution in [0.5, 0.6) is 0 Å². The molecule has 1 saturated heterocycles. The lowest BCUT2D eigenvalue weighted by atomic mass is 10.1. The van der Waals surface area contributed by atoms with Crippen molar-refractivity contribution in [2.75, 3.05) is 19.6 Å². The van der Waals surface area contributed by atoms with Crippen molar-refractivity contribution in [2.45, 2.75) is 78.6 Å². The van der Waals surface area contributed by atoms with Crippen LogP contribution in [0.1, 0.15) is 60.3 Å². The van der Waals surface area contributed by atoms with Gasteiger partial charge in [0.25, 0.3) is 0 Å². The number of nitrogens with zero attached hydrogens (tertiary/aromatic N) is 2. The molecule has 3 unspecified atom stereocenters. The molecule has 0 aromatic carbocycles. The van der Waals surface area contributed by atoms with E-state index in [0.29, 0.717) is 6.04 Å². The molecule has 1 N–H and O–H groups in total. The van der Waals surface area contributed by atoms with Gasteiger partial charge in [-0.05, 0) is 52.7 Å². The molecule has 0 saturated carbocycles. The van der Waals surface area contributed by atoms with E-state index in [1.807, 2.05) is 6.92 Å². The fourth-order valence-corrected chi connectivity index (χ4v) is 3.13. The Balaban J connectivity index is 2.47. The van der Waals surface area contributed by atoms with Gasteiger partial charge in [-0.3, -0.25) is 10.1 Å². The molecular weight excluding hydrogens is 250 g/mol. The summed E-state index contributed by atoms with van der Waals surface area (Å²) >= 11 is 0. The van der Waals surface area contributed by atoms with Gasteiger partial charge in [-0.2, -0.15) is 0 Å². The van der Waals surface area contributed by atoms with E-state index in [2.05, 4.69) is 42.8 Å². The zero-order valence-electron chi connectivity index (χ0n) is 14.0. The van der Waals surface area contributed by atoms with Gasteiger partial charge in [0.1, 0.15) is 0 Å². The Kier molecular flexibility index (Phi) is 7.52. The first-order valence-corrected chi connectivity index (χ1v) is 8.35. The molecular formula is C16H33N3O. The Hall–Kier alpha value is -0.610. The van der Waals surface area contributed by atoms with Crippen molar-refractivity contribution in [1.82, 2.24) is 15.1 Å². The summed E-state index contributed by atoms with van der Waals surface area (Å²) in [7, 11) is 0. The minimum atomic E-state index is -0.0169. The molecule has 0 aromatic rings. The van der Waals surface area contributed by atoms with Crippen LogP contribution in [0.25, 0.3) is 0 Å². The topological polar surface area (TPSA) is 35.6 Å². The molecule has 0 spiro atoms. The van der Waals surface area contributed by atoms with Gasteiger partial charge in [-0.1, -0.05) is 27.2 Å². The van der Waals surface area contributed by atoms with Gasteiger partial charge < -0.3 is 9.80 Å². The number of amides is 1. The van der Waals surface area contributed by atoms with Gasteiger partial charge in [0.05, 0.1) is 12.2 Å². The normalized spacial score (nSPS) is 24.7. The van der Waals surface area contributed by atoms with Crippen LogP contribution in [-0.4, -0.2) is 53.6 Å². The van der Waals surface area contributed by atoms with Gasteiger partial charge in [0.15, 0.2) is 0 Å². The molecule has 3 atom stereocenters. The highest BCUT2D eigenvalue weighted by Crippen LogP contribution is 2.20. The Morgan fingerprint density at radius 1 is 1.30 bits per heavy atom. The molecule has 0 radical (unpaired) electrons. The third kappa shape index (κ3) is 4.45. The fraction of sp³-hybridized carbons (Fsp3) is 0.938. The van der Waals surface area contributed by atoms with Crippen LogP contribution in [-0.2, 0) is 4.79 Å². The van der Waals surface area contributed by atoms with Gasteiger partial charge in [-0.25, -0.2) is 0 Å². The highest BCUT2D eigenvalue weighted by molar-refractivity contribution is 5.84. The average Bonchev–Trinajstić information content (AvgIpc) is 2.70. The van der Waals surface area contributed by atoms with Crippen molar-refractivity contribution in [2.24, 2.45) is 0 Å². The number of carbonyl (C=O) groups excluding carboxylic acids is 1. The zero-order chi connectivity index (χ0) is 15.1. The summed E-state index contributed by atoms with van der Waals surface area (Å²) in [5.74, 6) is 0.277. The van der Waals surface area contributed by atoms with Crippen molar-refractivity contribution >= 4 is 5.91 Å². The highest BCUT2D eigenvalue weighted by Gasteiger charge is 2.37. The Morgan fingerprint density at radius 3 is 2.50 bits per heavy atom. The van der Waals surface area contributed by atoms with E-state index in [1.54, 1.807) is 0 Å². The van der Waals surface area contributed by atoms with Crippen LogP contribution < -0.4 is 5.32 Å².